The van der Waals surface area contributed by atoms with Gasteiger partial charge in [-0.2, -0.15) is 0 Å². The fourth-order valence-electron chi connectivity index (χ4n) is 2.42. The molecule has 2 rings (SSSR count). The summed E-state index contributed by atoms with van der Waals surface area (Å²) >= 11 is 0. The summed E-state index contributed by atoms with van der Waals surface area (Å²) in [7, 11) is 2.24. The van der Waals surface area contributed by atoms with E-state index in [-0.39, 0.29) is 0 Å². The third kappa shape index (κ3) is 1.20. The Morgan fingerprint density at radius 3 is 3.09 bits per heavy atom. The van der Waals surface area contributed by atoms with Gasteiger partial charge in [0.25, 0.3) is 0 Å². The Morgan fingerprint density at radius 2 is 2.27 bits per heavy atom. The van der Waals surface area contributed by atoms with E-state index < -0.39 is 0 Å². The molecule has 0 aromatic heterocycles. The number of nitrogens with zero attached hydrogens (tertiary/aromatic N) is 2. The molecule has 0 amide bonds. The van der Waals surface area contributed by atoms with E-state index >= 15 is 0 Å². The van der Waals surface area contributed by atoms with E-state index in [2.05, 4.69) is 23.2 Å². The normalized spacial score (nSPS) is 39.2. The first-order valence-corrected chi connectivity index (χ1v) is 4.53. The SMILES string of the molecule is C=[N+]1CCC2CCN(C)C2C1. The van der Waals surface area contributed by atoms with Gasteiger partial charge in [0.15, 0.2) is 6.54 Å². The number of piperidine rings is 1. The van der Waals surface area contributed by atoms with Crippen LogP contribution in [0.5, 0.6) is 0 Å². The molecule has 62 valence electrons. The summed E-state index contributed by atoms with van der Waals surface area (Å²) in [6.07, 6.45) is 2.77. The molecule has 0 aromatic rings. The summed E-state index contributed by atoms with van der Waals surface area (Å²) in [5.74, 6) is 0.970. The lowest BCUT2D eigenvalue weighted by atomic mass is 9.93. The Balaban J connectivity index is 2.07. The third-order valence-corrected chi connectivity index (χ3v) is 3.22. The van der Waals surface area contributed by atoms with Crippen LogP contribution in [-0.4, -0.2) is 48.9 Å². The van der Waals surface area contributed by atoms with Crippen molar-refractivity contribution in [2.24, 2.45) is 5.92 Å². The van der Waals surface area contributed by atoms with Crippen LogP contribution in [0.3, 0.4) is 0 Å². The minimum atomic E-state index is 0.807. The maximum absolute atomic E-state index is 4.00. The smallest absolute Gasteiger partial charge is 0.157 e. The van der Waals surface area contributed by atoms with Crippen molar-refractivity contribution < 1.29 is 4.58 Å². The van der Waals surface area contributed by atoms with E-state index in [1.54, 1.807) is 0 Å². The zero-order valence-corrected chi connectivity index (χ0v) is 7.29. The van der Waals surface area contributed by atoms with Crippen LogP contribution in [0.4, 0.5) is 0 Å². The molecule has 2 unspecified atom stereocenters. The zero-order chi connectivity index (χ0) is 7.84. The molecule has 0 aliphatic carbocycles. The van der Waals surface area contributed by atoms with Crippen LogP contribution in [-0.2, 0) is 0 Å². The van der Waals surface area contributed by atoms with Crippen molar-refractivity contribution in [2.75, 3.05) is 26.7 Å². The highest BCUT2D eigenvalue weighted by atomic mass is 15.2. The molecule has 11 heavy (non-hydrogen) atoms. The van der Waals surface area contributed by atoms with E-state index in [1.807, 2.05) is 0 Å². The highest BCUT2D eigenvalue weighted by Gasteiger charge is 2.37. The molecule has 2 aliphatic heterocycles. The Bertz CT molecular complexity index is 176. The molecule has 2 heterocycles. The lowest BCUT2D eigenvalue weighted by Crippen LogP contribution is -2.42. The van der Waals surface area contributed by atoms with Crippen LogP contribution in [0.2, 0.25) is 0 Å². The fraction of sp³-hybridized carbons (Fsp3) is 0.889. The van der Waals surface area contributed by atoms with Crippen LogP contribution in [0.25, 0.3) is 0 Å². The van der Waals surface area contributed by atoms with Crippen LogP contribution >= 0.6 is 0 Å². The monoisotopic (exact) mass is 153 g/mol. The predicted octanol–water partition coefficient (Wildman–Crippen LogP) is 0.423. The molecule has 2 fully saturated rings. The second kappa shape index (κ2) is 2.59. The molecule has 0 N–H and O–H groups in total. The first kappa shape index (κ1) is 7.29. The number of hydrogen-bond donors (Lipinski definition) is 0. The van der Waals surface area contributed by atoms with Gasteiger partial charge < -0.3 is 0 Å². The van der Waals surface area contributed by atoms with E-state index in [4.69, 9.17) is 0 Å². The van der Waals surface area contributed by atoms with Crippen LogP contribution in [0.15, 0.2) is 0 Å². The third-order valence-electron chi connectivity index (χ3n) is 3.22. The van der Waals surface area contributed by atoms with Gasteiger partial charge in [-0.25, -0.2) is 4.58 Å². The van der Waals surface area contributed by atoms with Gasteiger partial charge in [-0.05, 0) is 25.9 Å². The fourth-order valence-corrected chi connectivity index (χ4v) is 2.42. The quantitative estimate of drug-likeness (QED) is 0.457. The highest BCUT2D eigenvalue weighted by Crippen LogP contribution is 2.28. The van der Waals surface area contributed by atoms with Crippen molar-refractivity contribution in [2.45, 2.75) is 18.9 Å². The molecule has 2 nitrogen and oxygen atoms in total. The topological polar surface area (TPSA) is 6.25 Å². The van der Waals surface area contributed by atoms with Crippen molar-refractivity contribution >= 4 is 6.72 Å². The van der Waals surface area contributed by atoms with Gasteiger partial charge in [0, 0.05) is 6.42 Å². The summed E-state index contributed by atoms with van der Waals surface area (Å²) in [5.41, 5.74) is 0. The average Bonchev–Trinajstić information content (AvgIpc) is 2.33. The average molecular weight is 153 g/mol. The minimum Gasteiger partial charge on any atom is -0.297 e. The molecule has 2 atom stereocenters. The van der Waals surface area contributed by atoms with Crippen molar-refractivity contribution in [1.82, 2.24) is 4.90 Å². The molecule has 2 saturated heterocycles. The maximum atomic E-state index is 4.00. The molecule has 2 heteroatoms. The van der Waals surface area contributed by atoms with E-state index in [0.29, 0.717) is 0 Å². The Hall–Kier alpha value is -0.370. The maximum Gasteiger partial charge on any atom is 0.157 e. The molecule has 0 radical (unpaired) electrons. The molecule has 0 saturated carbocycles. The second-order valence-corrected chi connectivity index (χ2v) is 3.96. The first-order valence-electron chi connectivity index (χ1n) is 4.53. The molecular formula is C9H17N2+. The van der Waals surface area contributed by atoms with E-state index in [1.165, 1.54) is 32.5 Å². The van der Waals surface area contributed by atoms with Gasteiger partial charge in [0.1, 0.15) is 13.3 Å². The van der Waals surface area contributed by atoms with Gasteiger partial charge in [-0.15, -0.1) is 0 Å². The van der Waals surface area contributed by atoms with Gasteiger partial charge >= 0.3 is 0 Å². The predicted molar refractivity (Wildman–Crippen MR) is 46.3 cm³/mol. The lowest BCUT2D eigenvalue weighted by molar-refractivity contribution is -0.538. The van der Waals surface area contributed by atoms with Crippen LogP contribution in [0, 0.1) is 5.92 Å². The van der Waals surface area contributed by atoms with Crippen molar-refractivity contribution in [1.29, 1.82) is 0 Å². The summed E-state index contributed by atoms with van der Waals surface area (Å²) in [4.78, 5) is 2.49. The number of hydrogen-bond acceptors (Lipinski definition) is 1. The number of rotatable bonds is 0. The Labute approximate surface area is 68.5 Å². The molecule has 0 spiro atoms. The van der Waals surface area contributed by atoms with Gasteiger partial charge in [0.2, 0.25) is 0 Å². The molecular weight excluding hydrogens is 136 g/mol. The standard InChI is InChI=1S/C9H17N2/c1-10-5-3-8-4-6-11(2)9(8)7-10/h8-9H,1,3-7H2,2H3/q+1. The Kier molecular flexibility index (Phi) is 1.72. The largest absolute Gasteiger partial charge is 0.297 e. The highest BCUT2D eigenvalue weighted by molar-refractivity contribution is 5.15. The van der Waals surface area contributed by atoms with E-state index in [0.717, 1.165) is 12.0 Å². The van der Waals surface area contributed by atoms with Crippen molar-refractivity contribution in [3.8, 4) is 0 Å². The summed E-state index contributed by atoms with van der Waals surface area (Å²) < 4.78 is 2.21. The first-order chi connectivity index (χ1) is 5.27. The molecule has 2 aliphatic rings. The number of likely N-dealkylation sites (tertiary alicyclic amines) is 1. The van der Waals surface area contributed by atoms with Crippen LogP contribution in [0.1, 0.15) is 12.8 Å². The molecule has 0 aromatic carbocycles. The van der Waals surface area contributed by atoms with Gasteiger partial charge in [-0.3, -0.25) is 4.90 Å². The number of likely N-dealkylation sites (N-methyl/N-ethyl adjacent to an activating group) is 1. The van der Waals surface area contributed by atoms with Gasteiger partial charge in [0.05, 0.1) is 6.04 Å². The summed E-state index contributed by atoms with van der Waals surface area (Å²) in [5, 5.41) is 0. The molecule has 0 bridgehead atoms. The van der Waals surface area contributed by atoms with Gasteiger partial charge in [-0.1, -0.05) is 0 Å². The van der Waals surface area contributed by atoms with Crippen molar-refractivity contribution in [3.05, 3.63) is 0 Å². The lowest BCUT2D eigenvalue weighted by Gasteiger charge is -2.26. The summed E-state index contributed by atoms with van der Waals surface area (Å²) in [6.45, 7) is 7.68. The van der Waals surface area contributed by atoms with E-state index in [9.17, 15) is 0 Å². The number of fused-ring (bicyclic) bond motifs is 1. The summed E-state index contributed by atoms with van der Waals surface area (Å²) in [6, 6.07) is 0.807. The van der Waals surface area contributed by atoms with Crippen molar-refractivity contribution in [3.63, 3.8) is 0 Å². The Morgan fingerprint density at radius 1 is 1.45 bits per heavy atom. The minimum absolute atomic E-state index is 0.807. The zero-order valence-electron chi connectivity index (χ0n) is 7.29. The van der Waals surface area contributed by atoms with Crippen LogP contribution < -0.4 is 0 Å². The second-order valence-electron chi connectivity index (χ2n) is 3.96.